The van der Waals surface area contributed by atoms with E-state index in [-0.39, 0.29) is 12.2 Å². The first kappa shape index (κ1) is 17.3. The fourth-order valence-electron chi connectivity index (χ4n) is 3.02. The first-order chi connectivity index (χ1) is 13.3. The summed E-state index contributed by atoms with van der Waals surface area (Å²) in [7, 11) is 0. The molecule has 0 amide bonds. The Hall–Kier alpha value is -3.12. The number of rotatable bonds is 6. The van der Waals surface area contributed by atoms with Crippen LogP contribution in [0.15, 0.2) is 54.7 Å². The van der Waals surface area contributed by atoms with Gasteiger partial charge in [0.25, 0.3) is 0 Å². The van der Waals surface area contributed by atoms with Crippen molar-refractivity contribution in [3.8, 4) is 5.88 Å². The molecule has 6 heteroatoms. The largest absolute Gasteiger partial charge is 0.472 e. The lowest BCUT2D eigenvalue weighted by atomic mass is 10.0. The number of hydrogen-bond donors (Lipinski definition) is 1. The summed E-state index contributed by atoms with van der Waals surface area (Å²) in [6.07, 6.45) is 2.76. The minimum Gasteiger partial charge on any atom is -0.472 e. The minimum absolute atomic E-state index is 0.0110. The summed E-state index contributed by atoms with van der Waals surface area (Å²) in [5.74, 6) is 0.430. The number of benzene rings is 1. The van der Waals surface area contributed by atoms with E-state index < -0.39 is 0 Å². The van der Waals surface area contributed by atoms with Gasteiger partial charge in [0.15, 0.2) is 5.78 Å². The summed E-state index contributed by atoms with van der Waals surface area (Å²) in [5.41, 5.74) is 4.47. The predicted octanol–water partition coefficient (Wildman–Crippen LogP) is 2.52. The first-order valence-corrected chi connectivity index (χ1v) is 8.99. The molecule has 1 aliphatic heterocycles. The van der Waals surface area contributed by atoms with Crippen LogP contribution >= 0.6 is 0 Å². The highest BCUT2D eigenvalue weighted by atomic mass is 16.5. The van der Waals surface area contributed by atoms with Crippen LogP contribution in [-0.4, -0.2) is 27.5 Å². The van der Waals surface area contributed by atoms with E-state index in [1.165, 1.54) is 0 Å². The van der Waals surface area contributed by atoms with Crippen LogP contribution in [0.4, 0.5) is 0 Å². The number of Topliss-reactive ketones (excluding diaryl/α,β-unsaturated/α-hetero) is 1. The van der Waals surface area contributed by atoms with E-state index in [0.717, 1.165) is 36.3 Å². The molecule has 0 atom stereocenters. The average molecular weight is 360 g/mol. The maximum atomic E-state index is 12.5. The fourth-order valence-corrected chi connectivity index (χ4v) is 3.02. The van der Waals surface area contributed by atoms with Gasteiger partial charge in [-0.25, -0.2) is 0 Å². The molecule has 0 saturated heterocycles. The molecule has 1 N–H and O–H groups in total. The smallest absolute Gasteiger partial charge is 0.233 e. The molecule has 27 heavy (non-hydrogen) atoms. The Morgan fingerprint density at radius 1 is 1.11 bits per heavy atom. The number of ether oxygens (including phenoxy) is 1. The van der Waals surface area contributed by atoms with Crippen LogP contribution in [0.25, 0.3) is 0 Å². The summed E-state index contributed by atoms with van der Waals surface area (Å²) in [6.45, 7) is 2.13. The Morgan fingerprint density at radius 3 is 2.81 bits per heavy atom. The van der Waals surface area contributed by atoms with Crippen molar-refractivity contribution in [2.45, 2.75) is 26.0 Å². The first-order valence-electron chi connectivity index (χ1n) is 8.99. The molecule has 3 heterocycles. The molecule has 0 bridgehead atoms. The number of hydrogen-bond acceptors (Lipinski definition) is 6. The molecule has 0 saturated carbocycles. The summed E-state index contributed by atoms with van der Waals surface area (Å²) in [4.78, 5) is 17.0. The number of pyridine rings is 1. The molecule has 0 fully saturated rings. The number of aromatic nitrogens is 3. The number of carbonyl (C=O) groups is 1. The fraction of sp³-hybridized carbons (Fsp3) is 0.238. The van der Waals surface area contributed by atoms with Gasteiger partial charge in [0.2, 0.25) is 5.88 Å². The molecule has 1 aromatic carbocycles. The van der Waals surface area contributed by atoms with Crippen molar-refractivity contribution in [3.05, 3.63) is 82.8 Å². The Bertz CT molecular complexity index is 927. The van der Waals surface area contributed by atoms with E-state index in [9.17, 15) is 4.79 Å². The van der Waals surface area contributed by atoms with Gasteiger partial charge in [0.1, 0.15) is 6.61 Å². The van der Waals surface area contributed by atoms with Gasteiger partial charge in [-0.15, -0.1) is 5.10 Å². The third kappa shape index (κ3) is 4.35. The van der Waals surface area contributed by atoms with Gasteiger partial charge >= 0.3 is 0 Å². The molecular formula is C21H20N4O2. The number of ketones is 1. The molecular weight excluding hydrogens is 340 g/mol. The second kappa shape index (κ2) is 8.05. The molecule has 2 aromatic heterocycles. The van der Waals surface area contributed by atoms with E-state index >= 15 is 0 Å². The number of nitrogens with one attached hydrogen (secondary N) is 1. The van der Waals surface area contributed by atoms with E-state index in [1.807, 2.05) is 36.4 Å². The Kier molecular flexibility index (Phi) is 5.16. The third-order valence-corrected chi connectivity index (χ3v) is 4.50. The maximum Gasteiger partial charge on any atom is 0.233 e. The van der Waals surface area contributed by atoms with E-state index in [2.05, 4.69) is 20.5 Å². The Labute approximate surface area is 157 Å². The van der Waals surface area contributed by atoms with E-state index in [1.54, 1.807) is 18.3 Å². The number of carbonyl (C=O) groups excluding carboxylic acids is 1. The normalized spacial score (nSPS) is 13.0. The lowest BCUT2D eigenvalue weighted by Gasteiger charge is -2.16. The van der Waals surface area contributed by atoms with Crippen LogP contribution in [0.5, 0.6) is 5.88 Å². The van der Waals surface area contributed by atoms with Gasteiger partial charge in [0.05, 0.1) is 12.1 Å². The highest BCUT2D eigenvalue weighted by Crippen LogP contribution is 2.15. The number of nitrogens with zero attached hydrogens (tertiary/aromatic N) is 3. The predicted molar refractivity (Wildman–Crippen MR) is 100 cm³/mol. The summed E-state index contributed by atoms with van der Waals surface area (Å²) < 4.78 is 5.62. The highest BCUT2D eigenvalue weighted by molar-refractivity contribution is 5.97. The van der Waals surface area contributed by atoms with Gasteiger partial charge in [-0.1, -0.05) is 30.3 Å². The topological polar surface area (TPSA) is 77.0 Å². The van der Waals surface area contributed by atoms with Crippen molar-refractivity contribution >= 4 is 5.78 Å². The Balaban J connectivity index is 1.37. The van der Waals surface area contributed by atoms with Crippen LogP contribution in [0, 0.1) is 0 Å². The van der Waals surface area contributed by atoms with Crippen molar-refractivity contribution in [3.63, 3.8) is 0 Å². The molecule has 0 radical (unpaired) electrons. The SMILES string of the molecule is O=C(Cc1ccc(OCc2ccccc2)nn1)c1cnc2c(c1)CNCC2. The van der Waals surface area contributed by atoms with Crippen LogP contribution in [0.2, 0.25) is 0 Å². The summed E-state index contributed by atoms with van der Waals surface area (Å²) in [5, 5.41) is 11.5. The van der Waals surface area contributed by atoms with Crippen LogP contribution < -0.4 is 10.1 Å². The van der Waals surface area contributed by atoms with Gasteiger partial charge in [0, 0.05) is 43.0 Å². The average Bonchev–Trinajstić information content (AvgIpc) is 2.73. The van der Waals surface area contributed by atoms with Crippen LogP contribution in [0.3, 0.4) is 0 Å². The molecule has 4 rings (SSSR count). The van der Waals surface area contributed by atoms with Gasteiger partial charge in [-0.05, 0) is 23.3 Å². The second-order valence-electron chi connectivity index (χ2n) is 6.49. The lowest BCUT2D eigenvalue weighted by Crippen LogP contribution is -2.25. The van der Waals surface area contributed by atoms with Crippen molar-refractivity contribution in [2.75, 3.05) is 6.54 Å². The van der Waals surface area contributed by atoms with Crippen molar-refractivity contribution in [1.29, 1.82) is 0 Å². The maximum absolute atomic E-state index is 12.5. The van der Waals surface area contributed by atoms with Gasteiger partial charge < -0.3 is 10.1 Å². The zero-order chi connectivity index (χ0) is 18.5. The number of fused-ring (bicyclic) bond motifs is 1. The molecule has 0 aliphatic carbocycles. The highest BCUT2D eigenvalue weighted by Gasteiger charge is 2.15. The van der Waals surface area contributed by atoms with E-state index in [4.69, 9.17) is 4.74 Å². The zero-order valence-electron chi connectivity index (χ0n) is 14.9. The molecule has 0 spiro atoms. The van der Waals surface area contributed by atoms with E-state index in [0.29, 0.717) is 23.7 Å². The zero-order valence-corrected chi connectivity index (χ0v) is 14.9. The van der Waals surface area contributed by atoms with Crippen LogP contribution in [0.1, 0.15) is 32.9 Å². The summed E-state index contributed by atoms with van der Waals surface area (Å²) >= 11 is 0. The standard InChI is InChI=1S/C21H20N4O2/c26-20(17-10-16-12-22-9-8-19(16)23-13-17)11-18-6-7-21(25-24-18)27-14-15-4-2-1-3-5-15/h1-7,10,13,22H,8-9,11-12,14H2. The summed E-state index contributed by atoms with van der Waals surface area (Å²) in [6, 6.07) is 15.3. The van der Waals surface area contributed by atoms with Crippen molar-refractivity contribution in [2.24, 2.45) is 0 Å². The quantitative estimate of drug-likeness (QED) is 0.681. The minimum atomic E-state index is -0.0110. The second-order valence-corrected chi connectivity index (χ2v) is 6.49. The lowest BCUT2D eigenvalue weighted by molar-refractivity contribution is 0.0991. The monoisotopic (exact) mass is 360 g/mol. The molecule has 136 valence electrons. The third-order valence-electron chi connectivity index (χ3n) is 4.50. The molecule has 0 unspecified atom stereocenters. The van der Waals surface area contributed by atoms with Crippen molar-refractivity contribution in [1.82, 2.24) is 20.5 Å². The van der Waals surface area contributed by atoms with Crippen molar-refractivity contribution < 1.29 is 9.53 Å². The van der Waals surface area contributed by atoms with Gasteiger partial charge in [-0.2, -0.15) is 5.10 Å². The molecule has 1 aliphatic rings. The molecule has 3 aromatic rings. The van der Waals surface area contributed by atoms with Gasteiger partial charge in [-0.3, -0.25) is 9.78 Å². The molecule has 6 nitrogen and oxygen atoms in total. The van der Waals surface area contributed by atoms with Crippen LogP contribution in [-0.2, 0) is 26.0 Å². The Morgan fingerprint density at radius 2 is 2.00 bits per heavy atom.